The molecule has 1 saturated carbocycles. The Kier molecular flexibility index (Phi) is 8.54. The Morgan fingerprint density at radius 3 is 2.35 bits per heavy atom. The first-order valence-electron chi connectivity index (χ1n) is 13.0. The van der Waals surface area contributed by atoms with E-state index >= 15 is 0 Å². The van der Waals surface area contributed by atoms with Gasteiger partial charge >= 0.3 is 0 Å². The van der Waals surface area contributed by atoms with Crippen LogP contribution in [0.4, 0.5) is 8.78 Å². The van der Waals surface area contributed by atoms with Crippen LogP contribution in [0.2, 0.25) is 5.02 Å². The van der Waals surface area contributed by atoms with Gasteiger partial charge in [0.1, 0.15) is 11.6 Å². The maximum absolute atomic E-state index is 14.7. The van der Waals surface area contributed by atoms with Crippen LogP contribution < -0.4 is 5.32 Å². The molecule has 200 valence electrons. The number of carbonyl (C=O) groups is 2. The van der Waals surface area contributed by atoms with Crippen LogP contribution in [0.15, 0.2) is 36.4 Å². The number of nitrogens with one attached hydrogen (secondary N) is 1. The number of amides is 2. The van der Waals surface area contributed by atoms with E-state index in [1.807, 2.05) is 44.1 Å². The highest BCUT2D eigenvalue weighted by Gasteiger charge is 2.43. The molecule has 2 aliphatic rings. The molecular weight excluding hydrogens is 496 g/mol. The SMILES string of the molecule is CC(=O)NC(C)c1cc(Cl)ccc1C1CCN(C(=O)[C@@H]2C[C@H](N(C)C)C[C@H]2c2ccc(F)cc2F)CC1. The molecule has 8 heteroatoms. The fraction of sp³-hybridized carbons (Fsp3) is 0.517. The van der Waals surface area contributed by atoms with Gasteiger partial charge in [-0.1, -0.05) is 23.7 Å². The lowest BCUT2D eigenvalue weighted by atomic mass is 9.83. The Hall–Kier alpha value is -2.51. The van der Waals surface area contributed by atoms with Crippen LogP contribution in [0.1, 0.15) is 74.1 Å². The molecule has 1 N–H and O–H groups in total. The van der Waals surface area contributed by atoms with E-state index in [1.54, 1.807) is 0 Å². The molecule has 2 amide bonds. The third kappa shape index (κ3) is 6.15. The molecule has 1 heterocycles. The summed E-state index contributed by atoms with van der Waals surface area (Å²) in [6.07, 6.45) is 2.92. The number of piperidine rings is 1. The second kappa shape index (κ2) is 11.5. The molecule has 2 fully saturated rings. The molecular formula is C29H36ClF2N3O2. The van der Waals surface area contributed by atoms with E-state index in [-0.39, 0.29) is 41.7 Å². The van der Waals surface area contributed by atoms with Crippen LogP contribution in [0.3, 0.4) is 0 Å². The summed E-state index contributed by atoms with van der Waals surface area (Å²) in [5, 5.41) is 3.58. The standard InChI is InChI=1S/C29H36ClF2N3O2/c1-17(33-18(2)36)25-13-20(30)5-7-23(25)19-9-11-35(12-10-19)29(37)27-16-22(34(3)4)15-26(27)24-8-6-21(31)14-28(24)32/h5-8,13-14,17,19,22,26-27H,9-12,15-16H2,1-4H3,(H,33,36)/t17?,22-,26+,27-/m1/s1. The van der Waals surface area contributed by atoms with E-state index in [2.05, 4.69) is 10.2 Å². The number of benzene rings is 2. The van der Waals surface area contributed by atoms with Gasteiger partial charge in [-0.3, -0.25) is 9.59 Å². The van der Waals surface area contributed by atoms with Gasteiger partial charge in [0.15, 0.2) is 0 Å². The van der Waals surface area contributed by atoms with Crippen molar-refractivity contribution in [3.63, 3.8) is 0 Å². The third-order valence-electron chi connectivity index (χ3n) is 8.13. The summed E-state index contributed by atoms with van der Waals surface area (Å²) in [5.41, 5.74) is 2.58. The molecule has 0 radical (unpaired) electrons. The Labute approximate surface area is 223 Å². The van der Waals surface area contributed by atoms with Crippen molar-refractivity contribution in [2.75, 3.05) is 27.2 Å². The van der Waals surface area contributed by atoms with E-state index < -0.39 is 11.6 Å². The summed E-state index contributed by atoms with van der Waals surface area (Å²) in [7, 11) is 3.96. The highest BCUT2D eigenvalue weighted by Crippen LogP contribution is 2.44. The largest absolute Gasteiger partial charge is 0.350 e. The average molecular weight is 532 g/mol. The monoisotopic (exact) mass is 531 g/mol. The second-order valence-electron chi connectivity index (χ2n) is 10.8. The highest BCUT2D eigenvalue weighted by molar-refractivity contribution is 6.30. The molecule has 0 spiro atoms. The average Bonchev–Trinajstić information content (AvgIpc) is 3.29. The van der Waals surface area contributed by atoms with Gasteiger partial charge in [-0.05, 0) is 93.4 Å². The number of halogens is 3. The maximum atomic E-state index is 14.7. The zero-order valence-corrected chi connectivity index (χ0v) is 22.7. The summed E-state index contributed by atoms with van der Waals surface area (Å²) >= 11 is 6.28. The van der Waals surface area contributed by atoms with Crippen molar-refractivity contribution in [3.8, 4) is 0 Å². The molecule has 1 aliphatic carbocycles. The van der Waals surface area contributed by atoms with Gasteiger partial charge < -0.3 is 15.1 Å². The Balaban J connectivity index is 1.50. The van der Waals surface area contributed by atoms with Crippen LogP contribution in [0, 0.1) is 17.6 Å². The van der Waals surface area contributed by atoms with Crippen molar-refractivity contribution in [1.82, 2.24) is 15.1 Å². The van der Waals surface area contributed by atoms with Crippen molar-refractivity contribution >= 4 is 23.4 Å². The molecule has 2 aromatic carbocycles. The Morgan fingerprint density at radius 1 is 1.05 bits per heavy atom. The van der Waals surface area contributed by atoms with Gasteiger partial charge in [0.25, 0.3) is 0 Å². The summed E-state index contributed by atoms with van der Waals surface area (Å²) in [4.78, 5) is 29.4. The van der Waals surface area contributed by atoms with Gasteiger partial charge in [0.2, 0.25) is 11.8 Å². The molecule has 2 aromatic rings. The zero-order valence-electron chi connectivity index (χ0n) is 21.9. The minimum absolute atomic E-state index is 0.0551. The molecule has 0 bridgehead atoms. The van der Waals surface area contributed by atoms with E-state index in [0.717, 1.165) is 30.0 Å². The van der Waals surface area contributed by atoms with Gasteiger partial charge in [0.05, 0.1) is 6.04 Å². The van der Waals surface area contributed by atoms with E-state index in [4.69, 9.17) is 11.6 Å². The van der Waals surface area contributed by atoms with Crippen molar-refractivity contribution < 1.29 is 18.4 Å². The predicted octanol–water partition coefficient (Wildman–Crippen LogP) is 5.65. The van der Waals surface area contributed by atoms with Crippen molar-refractivity contribution in [3.05, 3.63) is 69.7 Å². The number of hydrogen-bond donors (Lipinski definition) is 1. The molecule has 5 nitrogen and oxygen atoms in total. The summed E-state index contributed by atoms with van der Waals surface area (Å²) in [6, 6.07) is 9.50. The van der Waals surface area contributed by atoms with Gasteiger partial charge in [-0.15, -0.1) is 0 Å². The Morgan fingerprint density at radius 2 is 1.73 bits per heavy atom. The lowest BCUT2D eigenvalue weighted by Crippen LogP contribution is -2.42. The smallest absolute Gasteiger partial charge is 0.226 e. The van der Waals surface area contributed by atoms with Crippen LogP contribution >= 0.6 is 11.6 Å². The first kappa shape index (κ1) is 27.5. The van der Waals surface area contributed by atoms with Gasteiger partial charge in [-0.2, -0.15) is 0 Å². The third-order valence-corrected chi connectivity index (χ3v) is 8.36. The lowest BCUT2D eigenvalue weighted by molar-refractivity contribution is -0.137. The van der Waals surface area contributed by atoms with E-state index in [1.165, 1.54) is 19.1 Å². The summed E-state index contributed by atoms with van der Waals surface area (Å²) in [6.45, 7) is 4.68. The zero-order chi connectivity index (χ0) is 26.9. The lowest BCUT2D eigenvalue weighted by Gasteiger charge is -2.36. The van der Waals surface area contributed by atoms with E-state index in [9.17, 15) is 18.4 Å². The molecule has 4 atom stereocenters. The first-order chi connectivity index (χ1) is 17.5. The van der Waals surface area contributed by atoms with Crippen molar-refractivity contribution in [2.45, 2.75) is 63.5 Å². The second-order valence-corrected chi connectivity index (χ2v) is 11.2. The van der Waals surface area contributed by atoms with Gasteiger partial charge in [0, 0.05) is 43.1 Å². The number of rotatable bonds is 6. The van der Waals surface area contributed by atoms with Crippen molar-refractivity contribution in [1.29, 1.82) is 0 Å². The van der Waals surface area contributed by atoms with Crippen LogP contribution in [0.5, 0.6) is 0 Å². The van der Waals surface area contributed by atoms with Crippen molar-refractivity contribution in [2.24, 2.45) is 5.92 Å². The molecule has 1 saturated heterocycles. The highest BCUT2D eigenvalue weighted by atomic mass is 35.5. The fourth-order valence-corrected chi connectivity index (χ4v) is 6.35. The molecule has 0 aromatic heterocycles. The minimum Gasteiger partial charge on any atom is -0.350 e. The predicted molar refractivity (Wildman–Crippen MR) is 142 cm³/mol. The summed E-state index contributed by atoms with van der Waals surface area (Å²) in [5.74, 6) is -1.60. The molecule has 37 heavy (non-hydrogen) atoms. The summed E-state index contributed by atoms with van der Waals surface area (Å²) < 4.78 is 28.3. The first-order valence-corrected chi connectivity index (χ1v) is 13.4. The minimum atomic E-state index is -0.609. The van der Waals surface area contributed by atoms with Crippen LogP contribution in [-0.2, 0) is 9.59 Å². The number of carbonyl (C=O) groups excluding carboxylic acids is 2. The quantitative estimate of drug-likeness (QED) is 0.524. The fourth-order valence-electron chi connectivity index (χ4n) is 6.17. The topological polar surface area (TPSA) is 52.7 Å². The molecule has 1 unspecified atom stereocenters. The number of hydrogen-bond acceptors (Lipinski definition) is 3. The Bertz CT molecular complexity index is 1150. The molecule has 1 aliphatic heterocycles. The van der Waals surface area contributed by atoms with Crippen LogP contribution in [0.25, 0.3) is 0 Å². The van der Waals surface area contributed by atoms with Crippen LogP contribution in [-0.4, -0.2) is 54.8 Å². The van der Waals surface area contributed by atoms with E-state index in [0.29, 0.717) is 36.5 Å². The normalized spacial score (nSPS) is 23.4. The number of likely N-dealkylation sites (tertiary alicyclic amines) is 1. The van der Waals surface area contributed by atoms with Gasteiger partial charge in [-0.25, -0.2) is 8.78 Å². The number of nitrogens with zero attached hydrogens (tertiary/aromatic N) is 2. The maximum Gasteiger partial charge on any atom is 0.226 e. The molecule has 4 rings (SSSR count).